The first-order valence-corrected chi connectivity index (χ1v) is 7.63. The van der Waals surface area contributed by atoms with Crippen molar-refractivity contribution in [3.05, 3.63) is 41.5 Å². The Kier molecular flexibility index (Phi) is 7.37. The maximum Gasteiger partial charge on any atom is 0.303 e. The lowest BCUT2D eigenvalue weighted by Crippen LogP contribution is -2.28. The monoisotopic (exact) mass is 303 g/mol. The van der Waals surface area contributed by atoms with Gasteiger partial charge < -0.3 is 10.4 Å². The number of rotatable bonds is 8. The number of aliphatic carboxylic acids is 1. The van der Waals surface area contributed by atoms with Crippen LogP contribution in [0.15, 0.2) is 30.3 Å². The molecule has 0 aromatic heterocycles. The van der Waals surface area contributed by atoms with Gasteiger partial charge in [-0.25, -0.2) is 0 Å². The number of benzene rings is 1. The Morgan fingerprint density at radius 3 is 2.36 bits per heavy atom. The lowest BCUT2D eigenvalue weighted by Gasteiger charge is -2.09. The predicted molar refractivity (Wildman–Crippen MR) is 88.6 cm³/mol. The van der Waals surface area contributed by atoms with Crippen molar-refractivity contribution in [2.24, 2.45) is 5.92 Å². The van der Waals surface area contributed by atoms with Crippen molar-refractivity contribution in [3.8, 4) is 0 Å². The quantitative estimate of drug-likeness (QED) is 0.773. The van der Waals surface area contributed by atoms with E-state index in [1.54, 1.807) is 6.92 Å². The molecule has 0 fully saturated rings. The highest BCUT2D eigenvalue weighted by Crippen LogP contribution is 2.15. The molecule has 22 heavy (non-hydrogen) atoms. The van der Waals surface area contributed by atoms with Crippen LogP contribution in [0.3, 0.4) is 0 Å². The third-order valence-corrected chi connectivity index (χ3v) is 3.39. The molecule has 0 bridgehead atoms. The Labute approximate surface area is 132 Å². The van der Waals surface area contributed by atoms with Gasteiger partial charge in [0.1, 0.15) is 0 Å². The number of nitrogens with one attached hydrogen (secondary N) is 1. The van der Waals surface area contributed by atoms with E-state index in [0.717, 1.165) is 5.56 Å². The number of carbonyl (C=O) groups excluding carboxylic acids is 1. The third-order valence-electron chi connectivity index (χ3n) is 3.39. The highest BCUT2D eigenvalue weighted by molar-refractivity contribution is 5.78. The molecule has 0 spiro atoms. The summed E-state index contributed by atoms with van der Waals surface area (Å²) in [6, 6.07) is 8.27. The molecule has 0 aliphatic rings. The van der Waals surface area contributed by atoms with Gasteiger partial charge in [-0.1, -0.05) is 57.2 Å². The smallest absolute Gasteiger partial charge is 0.303 e. The Balaban J connectivity index is 2.35. The minimum atomic E-state index is -0.841. The van der Waals surface area contributed by atoms with Crippen molar-refractivity contribution >= 4 is 18.0 Å². The minimum absolute atomic E-state index is 0.0611. The molecule has 1 atom stereocenters. The molecule has 1 aromatic carbocycles. The number of carboxylic acid groups (broad SMARTS) is 1. The second-order valence-corrected chi connectivity index (χ2v) is 5.93. The fourth-order valence-corrected chi connectivity index (χ4v) is 2.02. The van der Waals surface area contributed by atoms with Crippen LogP contribution >= 0.6 is 0 Å². The van der Waals surface area contributed by atoms with Gasteiger partial charge in [-0.3, -0.25) is 9.59 Å². The van der Waals surface area contributed by atoms with Crippen LogP contribution in [0.5, 0.6) is 0 Å². The normalized spacial score (nSPS) is 12.5. The van der Waals surface area contributed by atoms with Crippen molar-refractivity contribution in [1.82, 2.24) is 5.32 Å². The molecule has 0 heterocycles. The zero-order chi connectivity index (χ0) is 16.5. The highest BCUT2D eigenvalue weighted by atomic mass is 16.4. The van der Waals surface area contributed by atoms with Crippen molar-refractivity contribution < 1.29 is 14.7 Å². The van der Waals surface area contributed by atoms with Crippen molar-refractivity contribution in [2.45, 2.75) is 39.5 Å². The van der Waals surface area contributed by atoms with Crippen molar-refractivity contribution in [3.63, 3.8) is 0 Å². The fourth-order valence-electron chi connectivity index (χ4n) is 2.02. The second kappa shape index (κ2) is 9.03. The molecule has 120 valence electrons. The summed E-state index contributed by atoms with van der Waals surface area (Å²) in [5.74, 6) is -0.482. The lowest BCUT2D eigenvalue weighted by atomic mass is 10.0. The lowest BCUT2D eigenvalue weighted by molar-refractivity contribution is -0.138. The number of carbonyl (C=O) groups is 2. The van der Waals surface area contributed by atoms with Crippen LogP contribution < -0.4 is 5.32 Å². The van der Waals surface area contributed by atoms with Gasteiger partial charge in [0.15, 0.2) is 0 Å². The predicted octanol–water partition coefficient (Wildman–Crippen LogP) is 3.44. The van der Waals surface area contributed by atoms with Crippen LogP contribution in [-0.2, 0) is 9.59 Å². The first-order valence-electron chi connectivity index (χ1n) is 7.63. The van der Waals surface area contributed by atoms with Gasteiger partial charge in [0.25, 0.3) is 0 Å². The van der Waals surface area contributed by atoms with E-state index in [-0.39, 0.29) is 18.2 Å². The van der Waals surface area contributed by atoms with Crippen LogP contribution in [-0.4, -0.2) is 23.5 Å². The van der Waals surface area contributed by atoms with Gasteiger partial charge in [-0.05, 0) is 23.0 Å². The van der Waals surface area contributed by atoms with E-state index >= 15 is 0 Å². The van der Waals surface area contributed by atoms with Gasteiger partial charge in [0.2, 0.25) is 5.91 Å². The van der Waals surface area contributed by atoms with E-state index in [1.807, 2.05) is 24.3 Å². The summed E-state index contributed by atoms with van der Waals surface area (Å²) in [6.07, 6.45) is 4.11. The summed E-state index contributed by atoms with van der Waals surface area (Å²) in [6.45, 7) is 6.50. The molecule has 1 aromatic rings. The summed E-state index contributed by atoms with van der Waals surface area (Å²) in [5.41, 5.74) is 2.36. The Morgan fingerprint density at radius 1 is 1.18 bits per heavy atom. The Hall–Kier alpha value is -2.10. The van der Waals surface area contributed by atoms with Gasteiger partial charge >= 0.3 is 5.97 Å². The molecule has 4 nitrogen and oxygen atoms in total. The molecule has 0 saturated carbocycles. The Morgan fingerprint density at radius 2 is 1.82 bits per heavy atom. The van der Waals surface area contributed by atoms with E-state index in [0.29, 0.717) is 18.9 Å². The van der Waals surface area contributed by atoms with E-state index in [2.05, 4.69) is 31.3 Å². The molecule has 0 aliphatic carbocycles. The van der Waals surface area contributed by atoms with Crippen LogP contribution in [0, 0.1) is 5.92 Å². The molecule has 0 saturated heterocycles. The molecule has 1 rings (SSSR count). The number of hydrogen-bond acceptors (Lipinski definition) is 2. The molecule has 0 aliphatic heterocycles. The van der Waals surface area contributed by atoms with E-state index < -0.39 is 5.97 Å². The van der Waals surface area contributed by atoms with Crippen LogP contribution in [0.1, 0.15) is 50.7 Å². The third kappa shape index (κ3) is 7.07. The molecule has 1 amide bonds. The SMILES string of the molecule is CC(CNC(=O)C/C=C/c1ccc(C(C)C)cc1)CC(=O)O. The van der Waals surface area contributed by atoms with E-state index in [1.165, 1.54) is 5.56 Å². The first kappa shape index (κ1) is 18.0. The molecular weight excluding hydrogens is 278 g/mol. The average Bonchev–Trinajstić information content (AvgIpc) is 2.45. The maximum atomic E-state index is 11.7. The van der Waals surface area contributed by atoms with Gasteiger partial charge in [0, 0.05) is 19.4 Å². The van der Waals surface area contributed by atoms with Crippen molar-refractivity contribution in [2.75, 3.05) is 6.54 Å². The first-order chi connectivity index (χ1) is 10.4. The fraction of sp³-hybridized carbons (Fsp3) is 0.444. The summed E-state index contributed by atoms with van der Waals surface area (Å²) in [4.78, 5) is 22.2. The second-order valence-electron chi connectivity index (χ2n) is 5.93. The number of hydrogen-bond donors (Lipinski definition) is 2. The molecule has 2 N–H and O–H groups in total. The molecule has 1 unspecified atom stereocenters. The number of amides is 1. The highest BCUT2D eigenvalue weighted by Gasteiger charge is 2.08. The van der Waals surface area contributed by atoms with Crippen LogP contribution in [0.2, 0.25) is 0 Å². The van der Waals surface area contributed by atoms with Crippen LogP contribution in [0.4, 0.5) is 0 Å². The largest absolute Gasteiger partial charge is 0.481 e. The maximum absolute atomic E-state index is 11.7. The zero-order valence-corrected chi connectivity index (χ0v) is 13.5. The standard InChI is InChI=1S/C18H25NO3/c1-13(2)16-9-7-15(8-10-16)5-4-6-17(20)19-12-14(3)11-18(21)22/h4-5,7-10,13-14H,6,11-12H2,1-3H3,(H,19,20)(H,21,22)/b5-4+. The van der Waals surface area contributed by atoms with E-state index in [9.17, 15) is 9.59 Å². The Bertz CT molecular complexity index is 518. The summed E-state index contributed by atoms with van der Waals surface area (Å²) in [7, 11) is 0. The number of carboxylic acids is 1. The van der Waals surface area contributed by atoms with E-state index in [4.69, 9.17) is 5.11 Å². The average molecular weight is 303 g/mol. The van der Waals surface area contributed by atoms with Gasteiger partial charge in [-0.2, -0.15) is 0 Å². The molecule has 4 heteroatoms. The van der Waals surface area contributed by atoms with Gasteiger partial charge in [-0.15, -0.1) is 0 Å². The molecule has 0 radical (unpaired) electrons. The minimum Gasteiger partial charge on any atom is -0.481 e. The van der Waals surface area contributed by atoms with Crippen molar-refractivity contribution in [1.29, 1.82) is 0 Å². The zero-order valence-electron chi connectivity index (χ0n) is 13.5. The summed E-state index contributed by atoms with van der Waals surface area (Å²) in [5, 5.41) is 11.4. The molecular formula is C18H25NO3. The summed E-state index contributed by atoms with van der Waals surface area (Å²) < 4.78 is 0. The topological polar surface area (TPSA) is 66.4 Å². The summed E-state index contributed by atoms with van der Waals surface area (Å²) >= 11 is 0. The van der Waals surface area contributed by atoms with Crippen LogP contribution in [0.25, 0.3) is 6.08 Å². The van der Waals surface area contributed by atoms with Gasteiger partial charge in [0.05, 0.1) is 0 Å².